The van der Waals surface area contributed by atoms with Crippen LogP contribution in [0.4, 0.5) is 0 Å². The maximum absolute atomic E-state index is 11.5. The number of carbonyl (C=O) groups is 1. The number of pyridine rings is 1. The van der Waals surface area contributed by atoms with Gasteiger partial charge in [0, 0.05) is 45.4 Å². The molecule has 0 atom stereocenters. The van der Waals surface area contributed by atoms with E-state index in [0.717, 1.165) is 45.7 Å². The molecule has 6 rings (SSSR count). The average molecular weight is 483 g/mol. The molecule has 0 saturated heterocycles. The maximum Gasteiger partial charge on any atom is 0.213 e. The number of thiophene rings is 1. The molecule has 0 spiro atoms. The molecule has 5 aromatic rings. The number of rotatable bonds is 7. The predicted molar refractivity (Wildman–Crippen MR) is 142 cm³/mol. The molecule has 0 radical (unpaired) electrons. The summed E-state index contributed by atoms with van der Waals surface area (Å²) in [6.07, 6.45) is 5.23. The minimum absolute atomic E-state index is 0.612. The summed E-state index contributed by atoms with van der Waals surface area (Å²) < 4.78 is 14.6. The average Bonchev–Trinajstić information content (AvgIpc) is 3.57. The smallest absolute Gasteiger partial charge is 0.213 e. The summed E-state index contributed by atoms with van der Waals surface area (Å²) in [5.41, 5.74) is 6.52. The van der Waals surface area contributed by atoms with E-state index in [1.54, 1.807) is 31.8 Å². The molecule has 6 heteroatoms. The summed E-state index contributed by atoms with van der Waals surface area (Å²) in [5.74, 6) is 2.09. The Morgan fingerprint density at radius 3 is 2.63 bits per heavy atom. The first-order chi connectivity index (χ1) is 17.1. The molecule has 0 aliphatic heterocycles. The number of fused-ring (bicyclic) bond motifs is 2. The first-order valence-electron chi connectivity index (χ1n) is 11.8. The van der Waals surface area contributed by atoms with Gasteiger partial charge in [0.05, 0.1) is 24.8 Å². The zero-order valence-corrected chi connectivity index (χ0v) is 20.8. The molecule has 1 saturated carbocycles. The van der Waals surface area contributed by atoms with Crippen LogP contribution < -0.4 is 9.47 Å². The number of carbonyl (C=O) groups excluding carboxylic acids is 1. The van der Waals surface area contributed by atoms with Crippen molar-refractivity contribution in [3.05, 3.63) is 65.9 Å². The standard InChI is InChI=1S/C29H26N2O3S/c1-17-28-25(33-2)10-19(16-32)11-26(28)35-29(17)24-13-22-7-6-20(21-8-9-30-27(14-21)34-3)12-23(22)31(24)15-18-4-5-18/h6-14,16,18H,4-5,15H2,1-3H3. The summed E-state index contributed by atoms with van der Waals surface area (Å²) in [7, 11) is 3.31. The number of hydrogen-bond acceptors (Lipinski definition) is 5. The summed E-state index contributed by atoms with van der Waals surface area (Å²) in [6, 6.07) is 16.7. The second-order valence-electron chi connectivity index (χ2n) is 9.21. The second-order valence-corrected chi connectivity index (χ2v) is 10.3. The second kappa shape index (κ2) is 8.54. The Kier molecular flexibility index (Phi) is 5.33. The van der Waals surface area contributed by atoms with Gasteiger partial charge in [-0.15, -0.1) is 11.3 Å². The van der Waals surface area contributed by atoms with E-state index in [1.165, 1.54) is 39.9 Å². The lowest BCUT2D eigenvalue weighted by Gasteiger charge is -2.11. The van der Waals surface area contributed by atoms with Gasteiger partial charge in [-0.05, 0) is 72.7 Å². The minimum Gasteiger partial charge on any atom is -0.496 e. The number of aromatic nitrogens is 2. The Labute approximate surface area is 207 Å². The molecule has 0 unspecified atom stereocenters. The van der Waals surface area contributed by atoms with Crippen LogP contribution in [0.5, 0.6) is 11.6 Å². The van der Waals surface area contributed by atoms with Gasteiger partial charge >= 0.3 is 0 Å². The quantitative estimate of drug-likeness (QED) is 0.232. The zero-order chi connectivity index (χ0) is 24.1. The Morgan fingerprint density at radius 2 is 1.89 bits per heavy atom. The van der Waals surface area contributed by atoms with Gasteiger partial charge < -0.3 is 14.0 Å². The van der Waals surface area contributed by atoms with E-state index in [0.29, 0.717) is 11.4 Å². The third-order valence-electron chi connectivity index (χ3n) is 6.92. The predicted octanol–water partition coefficient (Wildman–Crippen LogP) is 7.13. The van der Waals surface area contributed by atoms with Gasteiger partial charge in [-0.25, -0.2) is 4.98 Å². The molecule has 3 heterocycles. The van der Waals surface area contributed by atoms with Crippen LogP contribution >= 0.6 is 11.3 Å². The first kappa shape index (κ1) is 21.9. The molecule has 0 bridgehead atoms. The fourth-order valence-electron chi connectivity index (χ4n) is 4.91. The number of nitrogens with zero attached hydrogens (tertiary/aromatic N) is 2. The molecule has 35 heavy (non-hydrogen) atoms. The van der Waals surface area contributed by atoms with Crippen molar-refractivity contribution < 1.29 is 14.3 Å². The molecular formula is C29H26N2O3S. The molecule has 5 nitrogen and oxygen atoms in total. The number of hydrogen-bond donors (Lipinski definition) is 0. The van der Waals surface area contributed by atoms with Crippen molar-refractivity contribution in [3.63, 3.8) is 0 Å². The van der Waals surface area contributed by atoms with E-state index in [9.17, 15) is 4.79 Å². The monoisotopic (exact) mass is 482 g/mol. The fraction of sp³-hybridized carbons (Fsp3) is 0.241. The van der Waals surface area contributed by atoms with Crippen molar-refractivity contribution in [1.82, 2.24) is 9.55 Å². The highest BCUT2D eigenvalue weighted by Crippen LogP contribution is 2.45. The van der Waals surface area contributed by atoms with Crippen molar-refractivity contribution in [3.8, 4) is 33.3 Å². The van der Waals surface area contributed by atoms with E-state index in [4.69, 9.17) is 9.47 Å². The highest BCUT2D eigenvalue weighted by Gasteiger charge is 2.26. The van der Waals surface area contributed by atoms with E-state index in [-0.39, 0.29) is 0 Å². The van der Waals surface area contributed by atoms with Crippen molar-refractivity contribution in [1.29, 1.82) is 0 Å². The molecule has 0 N–H and O–H groups in total. The van der Waals surface area contributed by atoms with Crippen LogP contribution in [0, 0.1) is 12.8 Å². The molecule has 176 valence electrons. The van der Waals surface area contributed by atoms with Gasteiger partial charge in [0.15, 0.2) is 0 Å². The van der Waals surface area contributed by atoms with E-state index < -0.39 is 0 Å². The van der Waals surface area contributed by atoms with E-state index in [2.05, 4.69) is 40.7 Å². The van der Waals surface area contributed by atoms with Gasteiger partial charge in [0.2, 0.25) is 5.88 Å². The van der Waals surface area contributed by atoms with Gasteiger partial charge in [-0.3, -0.25) is 4.79 Å². The van der Waals surface area contributed by atoms with Gasteiger partial charge in [-0.2, -0.15) is 0 Å². The Bertz CT molecular complexity index is 1590. The lowest BCUT2D eigenvalue weighted by Crippen LogP contribution is -2.01. The third kappa shape index (κ3) is 3.78. The molecule has 1 aliphatic rings. The summed E-state index contributed by atoms with van der Waals surface area (Å²) in [4.78, 5) is 17.0. The molecule has 1 fully saturated rings. The van der Waals surface area contributed by atoms with Crippen LogP contribution in [-0.2, 0) is 6.54 Å². The van der Waals surface area contributed by atoms with Crippen molar-refractivity contribution in [2.75, 3.05) is 14.2 Å². The first-order valence-corrected chi connectivity index (χ1v) is 12.6. The number of methoxy groups -OCH3 is 2. The van der Waals surface area contributed by atoms with Crippen LogP contribution in [0.2, 0.25) is 0 Å². The van der Waals surface area contributed by atoms with Crippen LogP contribution in [0.15, 0.2) is 54.7 Å². The van der Waals surface area contributed by atoms with Crippen molar-refractivity contribution >= 4 is 38.6 Å². The number of benzene rings is 2. The van der Waals surface area contributed by atoms with E-state index >= 15 is 0 Å². The largest absolute Gasteiger partial charge is 0.496 e. The Balaban J connectivity index is 1.56. The molecule has 0 amide bonds. The Hall–Kier alpha value is -3.64. The molecule has 1 aliphatic carbocycles. The van der Waals surface area contributed by atoms with Gasteiger partial charge in [-0.1, -0.05) is 12.1 Å². The highest BCUT2D eigenvalue weighted by molar-refractivity contribution is 7.22. The van der Waals surface area contributed by atoms with Crippen LogP contribution in [-0.4, -0.2) is 30.1 Å². The van der Waals surface area contributed by atoms with Crippen molar-refractivity contribution in [2.45, 2.75) is 26.3 Å². The number of aryl methyl sites for hydroxylation is 1. The molecular weight excluding hydrogens is 456 g/mol. The summed E-state index contributed by atoms with van der Waals surface area (Å²) >= 11 is 1.73. The number of aldehydes is 1. The third-order valence-corrected chi connectivity index (χ3v) is 8.19. The van der Waals surface area contributed by atoms with Gasteiger partial charge in [0.25, 0.3) is 0 Å². The van der Waals surface area contributed by atoms with Crippen molar-refractivity contribution in [2.24, 2.45) is 5.92 Å². The van der Waals surface area contributed by atoms with Crippen LogP contribution in [0.3, 0.4) is 0 Å². The normalized spacial score (nSPS) is 13.5. The zero-order valence-electron chi connectivity index (χ0n) is 20.0. The minimum atomic E-state index is 0.612. The lowest BCUT2D eigenvalue weighted by atomic mass is 10.1. The van der Waals surface area contributed by atoms with Crippen LogP contribution in [0.25, 0.3) is 42.7 Å². The van der Waals surface area contributed by atoms with Crippen LogP contribution in [0.1, 0.15) is 28.8 Å². The fourth-order valence-corrected chi connectivity index (χ4v) is 6.21. The van der Waals surface area contributed by atoms with E-state index in [1.807, 2.05) is 24.3 Å². The van der Waals surface area contributed by atoms with Gasteiger partial charge in [0.1, 0.15) is 12.0 Å². The summed E-state index contributed by atoms with van der Waals surface area (Å²) in [6.45, 7) is 3.16. The summed E-state index contributed by atoms with van der Waals surface area (Å²) in [5, 5.41) is 2.31. The topological polar surface area (TPSA) is 53.4 Å². The molecule has 2 aromatic carbocycles. The molecule has 3 aromatic heterocycles. The lowest BCUT2D eigenvalue weighted by molar-refractivity contribution is 0.112. The Morgan fingerprint density at radius 1 is 1.06 bits per heavy atom. The highest BCUT2D eigenvalue weighted by atomic mass is 32.1. The SMILES string of the molecule is COc1cc(-c2ccc3cc(-c4sc5cc(C=O)cc(OC)c5c4C)n(CC4CC4)c3c2)ccn1. The maximum atomic E-state index is 11.5. The number of ether oxygens (including phenoxy) is 2.